The molecule has 1 aliphatic rings. The molecule has 4 aromatic rings. The van der Waals surface area contributed by atoms with Crippen molar-refractivity contribution >= 4 is 35.0 Å². The van der Waals surface area contributed by atoms with E-state index < -0.39 is 35.5 Å². The van der Waals surface area contributed by atoms with Crippen molar-refractivity contribution in [1.29, 1.82) is 0 Å². The van der Waals surface area contributed by atoms with Crippen LogP contribution in [0, 0.1) is 12.3 Å². The zero-order valence-corrected chi connectivity index (χ0v) is 34.5. The smallest absolute Gasteiger partial charge is 0.338 e. The number of esters is 1. The summed E-state index contributed by atoms with van der Waals surface area (Å²) >= 11 is 1.58. The van der Waals surface area contributed by atoms with Crippen LogP contribution in [0.4, 0.5) is 0 Å². The monoisotopic (exact) mass is 796 g/mol. The fraction of sp³-hybridized carbons (Fsp3) is 0.444. The molecule has 0 bridgehead atoms. The molecule has 3 atom stereocenters. The van der Waals surface area contributed by atoms with Gasteiger partial charge in [0, 0.05) is 25.9 Å². The number of nitrogens with zero attached hydrogens (tertiary/aromatic N) is 2. The van der Waals surface area contributed by atoms with Crippen molar-refractivity contribution in [2.24, 2.45) is 5.41 Å². The molecule has 5 rings (SSSR count). The number of aromatic nitrogens is 1. The highest BCUT2D eigenvalue weighted by Gasteiger charge is 2.44. The summed E-state index contributed by atoms with van der Waals surface area (Å²) in [5, 5.41) is 16.4. The van der Waals surface area contributed by atoms with Gasteiger partial charge in [-0.05, 0) is 84.5 Å². The number of hydrogen-bond acceptors (Lipinski definition) is 9. The fourth-order valence-electron chi connectivity index (χ4n) is 6.70. The Labute approximate surface area is 340 Å². The SMILES string of the molecule is CCCCOc1ccc(-c2ccc(C(=O)OCCCCCC(=O)N[C@H](C(=O)N3C[C@H](O)C[C@H]3C(=O)NCc3ccc(-c4scnc4C)cc3)C(C)(C)C)cc2)cc1. The number of benzene rings is 3. The number of carbonyl (C=O) groups excluding carboxylic acids is 4. The van der Waals surface area contributed by atoms with Crippen molar-refractivity contribution in [2.45, 2.75) is 104 Å². The normalized spacial score (nSPS) is 15.9. The van der Waals surface area contributed by atoms with Crippen LogP contribution in [-0.4, -0.2) is 76.6 Å². The van der Waals surface area contributed by atoms with Gasteiger partial charge in [-0.1, -0.05) is 82.6 Å². The minimum Gasteiger partial charge on any atom is -0.494 e. The highest BCUT2D eigenvalue weighted by Crippen LogP contribution is 2.29. The third-order valence-corrected chi connectivity index (χ3v) is 11.0. The van der Waals surface area contributed by atoms with E-state index in [1.165, 1.54) is 4.90 Å². The Morgan fingerprint density at radius 2 is 1.56 bits per heavy atom. The fourth-order valence-corrected chi connectivity index (χ4v) is 7.51. The second kappa shape index (κ2) is 20.4. The summed E-state index contributed by atoms with van der Waals surface area (Å²) in [7, 11) is 0. The number of aliphatic hydroxyl groups is 1. The summed E-state index contributed by atoms with van der Waals surface area (Å²) < 4.78 is 11.2. The van der Waals surface area contributed by atoms with Gasteiger partial charge in [-0.2, -0.15) is 0 Å². The molecule has 1 saturated heterocycles. The summed E-state index contributed by atoms with van der Waals surface area (Å²) in [5.74, 6) is -0.599. The Morgan fingerprint density at radius 1 is 0.895 bits per heavy atom. The molecule has 1 aromatic heterocycles. The molecule has 304 valence electrons. The average Bonchev–Trinajstić information content (AvgIpc) is 3.82. The van der Waals surface area contributed by atoms with Crippen molar-refractivity contribution < 1.29 is 33.8 Å². The Balaban J connectivity index is 1.04. The predicted molar refractivity (Wildman–Crippen MR) is 223 cm³/mol. The maximum Gasteiger partial charge on any atom is 0.338 e. The summed E-state index contributed by atoms with van der Waals surface area (Å²) in [6.45, 7) is 10.9. The number of hydrogen-bond donors (Lipinski definition) is 3. The van der Waals surface area contributed by atoms with E-state index in [0.29, 0.717) is 31.4 Å². The lowest BCUT2D eigenvalue weighted by atomic mass is 9.85. The Morgan fingerprint density at radius 3 is 2.19 bits per heavy atom. The van der Waals surface area contributed by atoms with Crippen molar-refractivity contribution in [1.82, 2.24) is 20.5 Å². The number of aryl methyl sites for hydroxylation is 1. The van der Waals surface area contributed by atoms with Crippen LogP contribution in [0.25, 0.3) is 21.6 Å². The van der Waals surface area contributed by atoms with Gasteiger partial charge in [0.15, 0.2) is 0 Å². The molecule has 12 heteroatoms. The summed E-state index contributed by atoms with van der Waals surface area (Å²) in [6, 6.07) is 21.3. The van der Waals surface area contributed by atoms with E-state index in [1.807, 2.05) is 93.9 Å². The van der Waals surface area contributed by atoms with Gasteiger partial charge in [-0.15, -0.1) is 11.3 Å². The average molecular weight is 797 g/mol. The number of aliphatic hydroxyl groups excluding tert-OH is 1. The number of amides is 3. The van der Waals surface area contributed by atoms with Gasteiger partial charge in [0.1, 0.15) is 17.8 Å². The van der Waals surface area contributed by atoms with Crippen LogP contribution in [0.3, 0.4) is 0 Å². The largest absolute Gasteiger partial charge is 0.494 e. The minimum absolute atomic E-state index is 0.00795. The molecule has 3 N–H and O–H groups in total. The molecule has 3 aromatic carbocycles. The molecule has 1 fully saturated rings. The molecular formula is C45H56N4O7S. The van der Waals surface area contributed by atoms with Crippen LogP contribution in [0.15, 0.2) is 78.3 Å². The van der Waals surface area contributed by atoms with Gasteiger partial charge < -0.3 is 30.1 Å². The molecule has 0 radical (unpaired) electrons. The standard InChI is InChI=1S/C45H56N4O7S/c1-6-7-24-55-37-22-20-33(21-23-37)32-16-18-35(19-17-32)44(54)56-25-10-8-9-11-39(51)48-41(45(3,4)5)43(53)49-28-36(50)26-38(49)42(52)46-27-31-12-14-34(15-13-31)40-30(2)47-29-57-40/h12-23,29,36,38,41,50H,6-11,24-28H2,1-5H3,(H,46,52)(H,48,51)/t36-,38+,41-/m1/s1. The number of likely N-dealkylation sites (tertiary alicyclic amines) is 1. The van der Waals surface area contributed by atoms with Gasteiger partial charge in [-0.3, -0.25) is 14.4 Å². The number of unbranched alkanes of at least 4 members (excludes halogenated alkanes) is 3. The number of ether oxygens (including phenoxy) is 2. The number of rotatable bonds is 18. The molecule has 11 nitrogen and oxygen atoms in total. The third kappa shape index (κ3) is 12.2. The maximum absolute atomic E-state index is 13.9. The third-order valence-electron chi connectivity index (χ3n) is 10.1. The van der Waals surface area contributed by atoms with Crippen LogP contribution in [0.1, 0.15) is 94.3 Å². The molecule has 0 spiro atoms. The summed E-state index contributed by atoms with van der Waals surface area (Å²) in [4.78, 5) is 59.9. The molecule has 1 aliphatic heterocycles. The van der Waals surface area contributed by atoms with Gasteiger partial charge in [0.25, 0.3) is 0 Å². The Hall–Kier alpha value is -5.07. The van der Waals surface area contributed by atoms with E-state index in [-0.39, 0.29) is 44.4 Å². The number of β-amino-alcohol motifs (C(OH)–C–C–N with tert-alkyl or cyclic N) is 1. The summed E-state index contributed by atoms with van der Waals surface area (Å²) in [6.07, 6.45) is 3.34. The van der Waals surface area contributed by atoms with E-state index in [0.717, 1.165) is 51.4 Å². The first-order valence-corrected chi connectivity index (χ1v) is 20.8. The van der Waals surface area contributed by atoms with Crippen LogP contribution in [-0.2, 0) is 25.7 Å². The minimum atomic E-state index is -0.899. The lowest BCUT2D eigenvalue weighted by Crippen LogP contribution is -2.57. The molecule has 0 aliphatic carbocycles. The molecule has 0 unspecified atom stereocenters. The van der Waals surface area contributed by atoms with E-state index in [1.54, 1.807) is 23.5 Å². The van der Waals surface area contributed by atoms with E-state index in [9.17, 15) is 24.3 Å². The molecule has 0 saturated carbocycles. The highest BCUT2D eigenvalue weighted by molar-refractivity contribution is 7.13. The van der Waals surface area contributed by atoms with E-state index >= 15 is 0 Å². The van der Waals surface area contributed by atoms with Gasteiger partial charge in [0.2, 0.25) is 17.7 Å². The quantitative estimate of drug-likeness (QED) is 0.0694. The zero-order chi connectivity index (χ0) is 41.0. The molecular weight excluding hydrogens is 741 g/mol. The van der Waals surface area contributed by atoms with Crippen LogP contribution < -0.4 is 15.4 Å². The van der Waals surface area contributed by atoms with Gasteiger partial charge >= 0.3 is 5.97 Å². The first kappa shape index (κ1) is 43.1. The van der Waals surface area contributed by atoms with E-state index in [2.05, 4.69) is 22.5 Å². The second-order valence-electron chi connectivity index (χ2n) is 15.7. The van der Waals surface area contributed by atoms with Crippen LogP contribution >= 0.6 is 11.3 Å². The van der Waals surface area contributed by atoms with Crippen molar-refractivity contribution in [3.63, 3.8) is 0 Å². The topological polar surface area (TPSA) is 147 Å². The number of thiazole rings is 1. The molecule has 3 amide bonds. The predicted octanol–water partition coefficient (Wildman–Crippen LogP) is 7.49. The maximum atomic E-state index is 13.9. The van der Waals surface area contributed by atoms with Crippen molar-refractivity contribution in [3.8, 4) is 27.3 Å². The second-order valence-corrected chi connectivity index (χ2v) is 16.5. The first-order valence-electron chi connectivity index (χ1n) is 19.9. The lowest BCUT2D eigenvalue weighted by Gasteiger charge is -2.35. The number of carbonyl (C=O) groups is 4. The van der Waals surface area contributed by atoms with Gasteiger partial charge in [0.05, 0.1) is 41.0 Å². The van der Waals surface area contributed by atoms with E-state index in [4.69, 9.17) is 9.47 Å². The Bertz CT molecular complexity index is 1940. The number of nitrogens with one attached hydrogen (secondary N) is 2. The van der Waals surface area contributed by atoms with Gasteiger partial charge in [-0.25, -0.2) is 9.78 Å². The molecule has 2 heterocycles. The molecule has 57 heavy (non-hydrogen) atoms. The first-order chi connectivity index (χ1) is 27.3. The zero-order valence-electron chi connectivity index (χ0n) is 33.7. The van der Waals surface area contributed by atoms with Crippen molar-refractivity contribution in [2.75, 3.05) is 19.8 Å². The lowest BCUT2D eigenvalue weighted by molar-refractivity contribution is -0.144. The van der Waals surface area contributed by atoms with Crippen molar-refractivity contribution in [3.05, 3.63) is 95.1 Å². The summed E-state index contributed by atoms with van der Waals surface area (Å²) in [5.41, 5.74) is 6.57. The van der Waals surface area contributed by atoms with Crippen LogP contribution in [0.5, 0.6) is 5.75 Å². The highest BCUT2D eigenvalue weighted by atomic mass is 32.1. The Kier molecular flexibility index (Phi) is 15.4. The van der Waals surface area contributed by atoms with Crippen LogP contribution in [0.2, 0.25) is 0 Å².